The van der Waals surface area contributed by atoms with E-state index in [2.05, 4.69) is 33.2 Å². The van der Waals surface area contributed by atoms with Gasteiger partial charge in [-0.05, 0) is 94.0 Å². The lowest BCUT2D eigenvalue weighted by Crippen LogP contribution is -2.48. The van der Waals surface area contributed by atoms with Crippen LogP contribution in [0.4, 0.5) is 16.3 Å². The molecule has 4 aliphatic heterocycles. The second kappa shape index (κ2) is 27.1. The van der Waals surface area contributed by atoms with Crippen LogP contribution in [0, 0.1) is 0 Å². The van der Waals surface area contributed by atoms with Gasteiger partial charge in [-0.25, -0.2) is 9.78 Å². The van der Waals surface area contributed by atoms with Crippen molar-refractivity contribution in [1.29, 1.82) is 0 Å². The number of ether oxygens (including phenoxy) is 4. The molecule has 0 spiro atoms. The number of unbranched alkanes of at least 4 members (excludes halogenated alkanes) is 1. The molecule has 6 amide bonds. The first-order valence-corrected chi connectivity index (χ1v) is 24.6. The number of benzene rings is 1. The molecule has 0 bridgehead atoms. The first-order chi connectivity index (χ1) is 32.2. The molecule has 0 aliphatic carbocycles. The molecule has 3 unspecified atom stereocenters. The summed E-state index contributed by atoms with van der Waals surface area (Å²) in [6, 6.07) is 11.3. The van der Waals surface area contributed by atoms with E-state index in [1.165, 1.54) is 6.08 Å². The Morgan fingerprint density at radius 3 is 2.26 bits per heavy atom. The summed E-state index contributed by atoms with van der Waals surface area (Å²) in [6.07, 6.45) is 8.91. The summed E-state index contributed by atoms with van der Waals surface area (Å²) in [6.45, 7) is 11.3. The zero-order valence-corrected chi connectivity index (χ0v) is 38.9. The average Bonchev–Trinajstić information content (AvgIpc) is 3.89. The minimum atomic E-state index is -0.591. The molecule has 66 heavy (non-hydrogen) atoms. The SMILES string of the molecule is C=CC(=O)N1CCC(c2ccc(C(N)=O)c(Nc3ccc(C(=O)N4CCCC(NCCCOCCOCCOCCOCCNC(=O)CCCC[C@@H]5SCC6NC(=O)NC65)C4)cc3)n2)CC1. The van der Waals surface area contributed by atoms with Crippen molar-refractivity contribution in [2.45, 2.75) is 87.1 Å². The largest absolute Gasteiger partial charge is 0.379 e. The maximum absolute atomic E-state index is 13.5. The predicted octanol–water partition coefficient (Wildman–Crippen LogP) is 3.31. The molecular formula is C47H69N9O9S. The number of aromatic nitrogens is 1. The maximum Gasteiger partial charge on any atom is 0.315 e. The van der Waals surface area contributed by atoms with Crippen LogP contribution in [-0.4, -0.2) is 166 Å². The number of piperidine rings is 2. The Morgan fingerprint density at radius 1 is 0.833 bits per heavy atom. The van der Waals surface area contributed by atoms with Crippen molar-refractivity contribution in [3.8, 4) is 0 Å². The van der Waals surface area contributed by atoms with Gasteiger partial charge in [0, 0.05) is 85.7 Å². The molecular weight excluding hydrogens is 867 g/mol. The van der Waals surface area contributed by atoms with E-state index in [1.807, 2.05) is 34.9 Å². The summed E-state index contributed by atoms with van der Waals surface area (Å²) in [5, 5.41) is 16.1. The van der Waals surface area contributed by atoms with Gasteiger partial charge in [0.15, 0.2) is 0 Å². The Balaban J connectivity index is 0.741. The van der Waals surface area contributed by atoms with E-state index >= 15 is 0 Å². The van der Waals surface area contributed by atoms with Gasteiger partial charge in [-0.2, -0.15) is 11.8 Å². The molecule has 5 heterocycles. The highest BCUT2D eigenvalue weighted by Crippen LogP contribution is 2.33. The number of carbonyl (C=O) groups is 5. The van der Waals surface area contributed by atoms with E-state index in [-0.39, 0.29) is 53.4 Å². The number of anilines is 2. The van der Waals surface area contributed by atoms with E-state index in [9.17, 15) is 24.0 Å². The van der Waals surface area contributed by atoms with E-state index in [4.69, 9.17) is 29.7 Å². The number of rotatable bonds is 28. The lowest BCUT2D eigenvalue weighted by molar-refractivity contribution is -0.127. The molecule has 4 atom stereocenters. The number of carbonyl (C=O) groups excluding carboxylic acids is 5. The van der Waals surface area contributed by atoms with Gasteiger partial charge in [0.25, 0.3) is 11.8 Å². The van der Waals surface area contributed by atoms with Crippen molar-refractivity contribution in [3.63, 3.8) is 0 Å². The van der Waals surface area contributed by atoms with Crippen molar-refractivity contribution in [1.82, 2.24) is 36.1 Å². The monoisotopic (exact) mass is 935 g/mol. The first kappa shape index (κ1) is 50.6. The fourth-order valence-electron chi connectivity index (χ4n) is 8.73. The number of primary amides is 1. The fourth-order valence-corrected chi connectivity index (χ4v) is 10.3. The third kappa shape index (κ3) is 15.9. The summed E-state index contributed by atoms with van der Waals surface area (Å²) < 4.78 is 22.5. The van der Waals surface area contributed by atoms with Crippen LogP contribution >= 0.6 is 11.8 Å². The summed E-state index contributed by atoms with van der Waals surface area (Å²) >= 11 is 1.90. The Labute approximate surface area is 392 Å². The average molecular weight is 936 g/mol. The third-order valence-electron chi connectivity index (χ3n) is 12.3. The number of amides is 6. The second-order valence-electron chi connectivity index (χ2n) is 17.1. The zero-order valence-electron chi connectivity index (χ0n) is 38.1. The van der Waals surface area contributed by atoms with Gasteiger partial charge in [-0.1, -0.05) is 13.0 Å². The Hall–Kier alpha value is -4.79. The highest BCUT2D eigenvalue weighted by molar-refractivity contribution is 8.00. The van der Waals surface area contributed by atoms with Gasteiger partial charge in [-0.15, -0.1) is 0 Å². The number of thioether (sulfide) groups is 1. The maximum atomic E-state index is 13.5. The Kier molecular flexibility index (Phi) is 20.8. The molecule has 362 valence electrons. The number of urea groups is 1. The standard InChI is InChI=1S/C47H69N9O9S/c1-2-42(58)55-21-16-33(17-22-55)38-15-14-37(44(48)59)45(52-38)51-35-12-10-34(11-13-35)46(60)56-20-5-7-36(31-56)49-18-6-23-62-25-27-64-29-30-65-28-26-63-24-19-50-41(57)9-4-3-8-40-43-39(32-66-40)53-47(61)54-43/h2,10-15,33,36,39-40,43,49H,1,3-9,16-32H2,(H2,48,59)(H,50,57)(H,51,52)(H2,53,54,61)/t36?,39?,40-,43?/m0/s1. The predicted molar refractivity (Wildman–Crippen MR) is 253 cm³/mol. The highest BCUT2D eigenvalue weighted by Gasteiger charge is 2.42. The molecule has 4 saturated heterocycles. The molecule has 7 N–H and O–H groups in total. The van der Waals surface area contributed by atoms with Gasteiger partial charge in [0.05, 0.1) is 63.9 Å². The summed E-state index contributed by atoms with van der Waals surface area (Å²) in [5.41, 5.74) is 8.05. The molecule has 2 aromatic rings. The topological polar surface area (TPSA) is 228 Å². The Morgan fingerprint density at radius 2 is 1.55 bits per heavy atom. The molecule has 18 nitrogen and oxygen atoms in total. The van der Waals surface area contributed by atoms with Crippen molar-refractivity contribution < 1.29 is 42.9 Å². The number of nitrogens with two attached hydrogens (primary N) is 1. The fraction of sp³-hybridized carbons (Fsp3) is 0.617. The van der Waals surface area contributed by atoms with Crippen LogP contribution in [0.25, 0.3) is 0 Å². The van der Waals surface area contributed by atoms with Crippen LogP contribution < -0.4 is 32.3 Å². The number of nitrogens with zero attached hydrogens (tertiary/aromatic N) is 3. The van der Waals surface area contributed by atoms with Crippen LogP contribution in [0.2, 0.25) is 0 Å². The van der Waals surface area contributed by atoms with E-state index in [1.54, 1.807) is 23.1 Å². The first-order valence-electron chi connectivity index (χ1n) is 23.6. The zero-order chi connectivity index (χ0) is 46.5. The number of fused-ring (bicyclic) bond motifs is 1. The number of pyridine rings is 1. The van der Waals surface area contributed by atoms with Crippen molar-refractivity contribution in [2.24, 2.45) is 5.73 Å². The van der Waals surface area contributed by atoms with Gasteiger partial charge < -0.3 is 61.1 Å². The molecule has 0 saturated carbocycles. The number of nitrogens with one attached hydrogen (secondary N) is 5. The molecule has 0 radical (unpaired) electrons. The second-order valence-corrected chi connectivity index (χ2v) is 18.3. The number of likely N-dealkylation sites (tertiary alicyclic amines) is 2. The van der Waals surface area contributed by atoms with Crippen molar-refractivity contribution >= 4 is 52.9 Å². The smallest absolute Gasteiger partial charge is 0.315 e. The lowest BCUT2D eigenvalue weighted by Gasteiger charge is -2.33. The third-order valence-corrected chi connectivity index (χ3v) is 13.9. The van der Waals surface area contributed by atoms with Gasteiger partial charge >= 0.3 is 6.03 Å². The van der Waals surface area contributed by atoms with Crippen LogP contribution in [0.1, 0.15) is 90.1 Å². The number of hydrogen-bond acceptors (Lipinski definition) is 13. The van der Waals surface area contributed by atoms with Crippen molar-refractivity contribution in [2.75, 3.05) is 103 Å². The van der Waals surface area contributed by atoms with Crippen LogP contribution in [0.15, 0.2) is 49.1 Å². The normalized spacial score (nSPS) is 20.6. The van der Waals surface area contributed by atoms with Crippen LogP contribution in [-0.2, 0) is 28.5 Å². The van der Waals surface area contributed by atoms with Gasteiger partial charge in [0.2, 0.25) is 11.8 Å². The molecule has 1 aromatic heterocycles. The molecule has 6 rings (SSSR count). The molecule has 19 heteroatoms. The minimum Gasteiger partial charge on any atom is -0.379 e. The van der Waals surface area contributed by atoms with E-state index < -0.39 is 5.91 Å². The Bertz CT molecular complexity index is 1900. The molecule has 4 fully saturated rings. The van der Waals surface area contributed by atoms with E-state index in [0.717, 1.165) is 69.4 Å². The highest BCUT2D eigenvalue weighted by atomic mass is 32.2. The quantitative estimate of drug-likeness (QED) is 0.0410. The van der Waals surface area contributed by atoms with Crippen molar-refractivity contribution in [3.05, 3.63) is 65.9 Å². The minimum absolute atomic E-state index is 0.0248. The molecule has 1 aromatic carbocycles. The summed E-state index contributed by atoms with van der Waals surface area (Å²) in [7, 11) is 0. The summed E-state index contributed by atoms with van der Waals surface area (Å²) in [5.74, 6) is 0.800. The molecule has 4 aliphatic rings. The van der Waals surface area contributed by atoms with Crippen LogP contribution in [0.3, 0.4) is 0 Å². The van der Waals surface area contributed by atoms with Gasteiger partial charge in [-0.3, -0.25) is 19.2 Å². The summed E-state index contributed by atoms with van der Waals surface area (Å²) in [4.78, 5) is 69.9. The lowest BCUT2D eigenvalue weighted by atomic mass is 9.92. The van der Waals surface area contributed by atoms with Crippen LogP contribution in [0.5, 0.6) is 0 Å². The van der Waals surface area contributed by atoms with E-state index in [0.29, 0.717) is 114 Å². The van der Waals surface area contributed by atoms with Gasteiger partial charge in [0.1, 0.15) is 5.82 Å². The number of hydrogen-bond donors (Lipinski definition) is 6.